The summed E-state index contributed by atoms with van der Waals surface area (Å²) in [7, 11) is 0. The molecule has 0 bridgehead atoms. The molecule has 1 N–H and O–H groups in total. The Labute approximate surface area is 135 Å². The van der Waals surface area contributed by atoms with Crippen LogP contribution < -0.4 is 10.2 Å². The van der Waals surface area contributed by atoms with E-state index in [4.69, 9.17) is 0 Å². The molecule has 118 valence electrons. The van der Waals surface area contributed by atoms with Gasteiger partial charge < -0.3 is 10.2 Å². The molecule has 1 aromatic carbocycles. The van der Waals surface area contributed by atoms with Gasteiger partial charge in [-0.2, -0.15) is 0 Å². The molecular formula is C18H20N4O. The highest BCUT2D eigenvalue weighted by molar-refractivity contribution is 5.94. The van der Waals surface area contributed by atoms with Crippen LogP contribution in [0.2, 0.25) is 0 Å². The number of hydrogen-bond donors (Lipinski definition) is 1. The van der Waals surface area contributed by atoms with Gasteiger partial charge in [0.1, 0.15) is 0 Å². The second-order valence-electron chi connectivity index (χ2n) is 6.31. The van der Waals surface area contributed by atoms with Gasteiger partial charge in [-0.25, -0.2) is 0 Å². The standard InChI is InChI=1S/C18H20N4O/c23-18(14-3-4-14)19-15-7-5-13(6-8-15)16-9-10-17(21-20-16)22-11-1-2-12-22/h5-10,14H,1-4,11-12H2,(H,19,23). The summed E-state index contributed by atoms with van der Waals surface area (Å²) < 4.78 is 0. The largest absolute Gasteiger partial charge is 0.355 e. The van der Waals surface area contributed by atoms with Crippen molar-refractivity contribution in [2.75, 3.05) is 23.3 Å². The van der Waals surface area contributed by atoms with Crippen molar-refractivity contribution >= 4 is 17.4 Å². The summed E-state index contributed by atoms with van der Waals surface area (Å²) in [5.41, 5.74) is 2.70. The Morgan fingerprint density at radius 1 is 1.00 bits per heavy atom. The number of carbonyl (C=O) groups is 1. The van der Waals surface area contributed by atoms with E-state index in [1.807, 2.05) is 36.4 Å². The Morgan fingerprint density at radius 3 is 2.35 bits per heavy atom. The molecule has 1 aromatic heterocycles. The fourth-order valence-corrected chi connectivity index (χ4v) is 2.91. The number of hydrogen-bond acceptors (Lipinski definition) is 4. The first-order valence-electron chi connectivity index (χ1n) is 8.29. The van der Waals surface area contributed by atoms with Crippen LogP contribution in [-0.2, 0) is 4.79 Å². The Kier molecular flexibility index (Phi) is 3.69. The molecule has 1 aliphatic heterocycles. The van der Waals surface area contributed by atoms with Gasteiger partial charge >= 0.3 is 0 Å². The van der Waals surface area contributed by atoms with Crippen molar-refractivity contribution in [2.24, 2.45) is 5.92 Å². The molecule has 2 aliphatic rings. The van der Waals surface area contributed by atoms with E-state index in [9.17, 15) is 4.79 Å². The zero-order valence-electron chi connectivity index (χ0n) is 13.0. The lowest BCUT2D eigenvalue weighted by molar-refractivity contribution is -0.117. The topological polar surface area (TPSA) is 58.1 Å². The Bertz CT molecular complexity index is 686. The average molecular weight is 308 g/mol. The third kappa shape index (κ3) is 3.18. The lowest BCUT2D eigenvalue weighted by atomic mass is 10.1. The van der Waals surface area contributed by atoms with Crippen LogP contribution in [-0.4, -0.2) is 29.2 Å². The molecular weight excluding hydrogens is 288 g/mol. The first-order valence-corrected chi connectivity index (χ1v) is 8.29. The van der Waals surface area contributed by atoms with Crippen molar-refractivity contribution < 1.29 is 4.79 Å². The maximum atomic E-state index is 11.8. The quantitative estimate of drug-likeness (QED) is 0.943. The van der Waals surface area contributed by atoms with Crippen molar-refractivity contribution in [1.29, 1.82) is 0 Å². The normalized spacial score (nSPS) is 17.3. The third-order valence-corrected chi connectivity index (χ3v) is 4.48. The number of amides is 1. The molecule has 2 aromatic rings. The predicted octanol–water partition coefficient (Wildman–Crippen LogP) is 3.09. The summed E-state index contributed by atoms with van der Waals surface area (Å²) in [6, 6.07) is 11.8. The summed E-state index contributed by atoms with van der Waals surface area (Å²) in [4.78, 5) is 14.0. The number of carbonyl (C=O) groups excluding carboxylic acids is 1. The van der Waals surface area contributed by atoms with Gasteiger partial charge in [0.2, 0.25) is 5.91 Å². The molecule has 2 heterocycles. The second kappa shape index (κ2) is 5.99. The Balaban J connectivity index is 1.45. The van der Waals surface area contributed by atoms with Gasteiger partial charge in [-0.15, -0.1) is 10.2 Å². The average Bonchev–Trinajstić information content (AvgIpc) is 3.31. The zero-order chi connectivity index (χ0) is 15.6. The molecule has 0 radical (unpaired) electrons. The van der Waals surface area contributed by atoms with Gasteiger partial charge in [0.05, 0.1) is 5.69 Å². The number of anilines is 2. The van der Waals surface area contributed by atoms with Crippen LogP contribution in [0, 0.1) is 5.92 Å². The molecule has 5 heteroatoms. The van der Waals surface area contributed by atoms with Crippen LogP contribution in [0.3, 0.4) is 0 Å². The highest BCUT2D eigenvalue weighted by Crippen LogP contribution is 2.30. The molecule has 4 rings (SSSR count). The molecule has 1 saturated heterocycles. The smallest absolute Gasteiger partial charge is 0.227 e. The fourth-order valence-electron chi connectivity index (χ4n) is 2.91. The molecule has 5 nitrogen and oxygen atoms in total. The molecule has 0 spiro atoms. The van der Waals surface area contributed by atoms with E-state index in [2.05, 4.69) is 20.4 Å². The summed E-state index contributed by atoms with van der Waals surface area (Å²) >= 11 is 0. The Hall–Kier alpha value is -2.43. The molecule has 0 atom stereocenters. The van der Waals surface area contributed by atoms with Gasteiger partial charge in [-0.1, -0.05) is 12.1 Å². The summed E-state index contributed by atoms with van der Waals surface area (Å²) in [6.45, 7) is 2.15. The summed E-state index contributed by atoms with van der Waals surface area (Å²) in [5.74, 6) is 1.31. The van der Waals surface area contributed by atoms with E-state index >= 15 is 0 Å². The summed E-state index contributed by atoms with van der Waals surface area (Å²) in [5, 5.41) is 11.6. The van der Waals surface area contributed by atoms with Crippen LogP contribution in [0.15, 0.2) is 36.4 Å². The van der Waals surface area contributed by atoms with Crippen molar-refractivity contribution in [3.63, 3.8) is 0 Å². The third-order valence-electron chi connectivity index (χ3n) is 4.48. The minimum Gasteiger partial charge on any atom is -0.355 e. The van der Waals surface area contributed by atoms with Crippen molar-refractivity contribution in [1.82, 2.24) is 10.2 Å². The first kappa shape index (κ1) is 14.2. The van der Waals surface area contributed by atoms with Crippen LogP contribution in [0.5, 0.6) is 0 Å². The predicted molar refractivity (Wildman–Crippen MR) is 90.3 cm³/mol. The maximum Gasteiger partial charge on any atom is 0.227 e. The van der Waals surface area contributed by atoms with Crippen LogP contribution >= 0.6 is 0 Å². The fraction of sp³-hybridized carbons (Fsp3) is 0.389. The lowest BCUT2D eigenvalue weighted by Gasteiger charge is -2.15. The highest BCUT2D eigenvalue weighted by Gasteiger charge is 2.29. The maximum absolute atomic E-state index is 11.8. The van der Waals surface area contributed by atoms with Gasteiger partial charge in [0.15, 0.2) is 5.82 Å². The zero-order valence-corrected chi connectivity index (χ0v) is 13.0. The van der Waals surface area contributed by atoms with E-state index in [-0.39, 0.29) is 11.8 Å². The van der Waals surface area contributed by atoms with Gasteiger partial charge in [-0.3, -0.25) is 4.79 Å². The molecule has 2 fully saturated rings. The minimum atomic E-state index is 0.132. The molecule has 23 heavy (non-hydrogen) atoms. The minimum absolute atomic E-state index is 0.132. The lowest BCUT2D eigenvalue weighted by Crippen LogP contribution is -2.19. The van der Waals surface area contributed by atoms with Crippen LogP contribution in [0.1, 0.15) is 25.7 Å². The highest BCUT2D eigenvalue weighted by atomic mass is 16.2. The molecule has 1 saturated carbocycles. The van der Waals surface area contributed by atoms with E-state index in [0.717, 1.165) is 48.7 Å². The molecule has 0 unspecified atom stereocenters. The second-order valence-corrected chi connectivity index (χ2v) is 6.31. The number of benzene rings is 1. The van der Waals surface area contributed by atoms with Crippen LogP contribution in [0.25, 0.3) is 11.3 Å². The van der Waals surface area contributed by atoms with Gasteiger partial charge in [-0.05, 0) is 49.9 Å². The summed E-state index contributed by atoms with van der Waals surface area (Å²) in [6.07, 6.45) is 4.50. The van der Waals surface area contributed by atoms with Gasteiger partial charge in [0.25, 0.3) is 0 Å². The van der Waals surface area contributed by atoms with Gasteiger partial charge in [0, 0.05) is 30.3 Å². The number of rotatable bonds is 4. The number of aromatic nitrogens is 2. The first-order chi connectivity index (χ1) is 11.3. The monoisotopic (exact) mass is 308 g/mol. The molecule has 1 amide bonds. The van der Waals surface area contributed by atoms with Crippen LogP contribution in [0.4, 0.5) is 11.5 Å². The Morgan fingerprint density at radius 2 is 1.74 bits per heavy atom. The van der Waals surface area contributed by atoms with Crippen molar-refractivity contribution in [3.05, 3.63) is 36.4 Å². The van der Waals surface area contributed by atoms with Crippen molar-refractivity contribution in [2.45, 2.75) is 25.7 Å². The van der Waals surface area contributed by atoms with E-state index in [1.165, 1.54) is 12.8 Å². The van der Waals surface area contributed by atoms with E-state index in [1.54, 1.807) is 0 Å². The SMILES string of the molecule is O=C(Nc1ccc(-c2ccc(N3CCCC3)nn2)cc1)C1CC1. The molecule has 1 aliphatic carbocycles. The van der Waals surface area contributed by atoms with Crippen molar-refractivity contribution in [3.8, 4) is 11.3 Å². The van der Waals surface area contributed by atoms with E-state index in [0.29, 0.717) is 0 Å². The number of nitrogens with one attached hydrogen (secondary N) is 1. The number of nitrogens with zero attached hydrogens (tertiary/aromatic N) is 3. The van der Waals surface area contributed by atoms with E-state index < -0.39 is 0 Å².